The minimum Gasteiger partial charge on any atom is -0.338 e. The third-order valence-electron chi connectivity index (χ3n) is 4.17. The second-order valence-corrected chi connectivity index (χ2v) is 8.69. The number of rotatable bonds is 6. The topological polar surface area (TPSA) is 125 Å². The summed E-state index contributed by atoms with van der Waals surface area (Å²) < 4.78 is 27.5. The Labute approximate surface area is 175 Å². The predicted molar refractivity (Wildman–Crippen MR) is 115 cm³/mol. The van der Waals surface area contributed by atoms with E-state index in [0.29, 0.717) is 21.9 Å². The van der Waals surface area contributed by atoms with Gasteiger partial charge in [-0.15, -0.1) is 0 Å². The number of nitrogens with zero attached hydrogens (tertiary/aromatic N) is 3. The highest BCUT2D eigenvalue weighted by Gasteiger charge is 2.17. The maximum atomic E-state index is 12.3. The fourth-order valence-electron chi connectivity index (χ4n) is 2.75. The van der Waals surface area contributed by atoms with Gasteiger partial charge < -0.3 is 10.6 Å². The van der Waals surface area contributed by atoms with Crippen molar-refractivity contribution in [2.45, 2.75) is 4.90 Å². The van der Waals surface area contributed by atoms with Gasteiger partial charge in [0.1, 0.15) is 10.7 Å². The van der Waals surface area contributed by atoms with Gasteiger partial charge in [-0.2, -0.15) is 10.1 Å². The zero-order valence-corrected chi connectivity index (χ0v) is 17.5. The van der Waals surface area contributed by atoms with Crippen LogP contribution >= 0.6 is 15.9 Å². The van der Waals surface area contributed by atoms with E-state index in [1.165, 1.54) is 13.1 Å². The normalized spacial score (nSPS) is 11.5. The molecule has 0 radical (unpaired) electrons. The molecule has 4 aromatic rings. The number of anilines is 4. The third-order valence-corrected chi connectivity index (χ3v) is 6.22. The van der Waals surface area contributed by atoms with Crippen LogP contribution in [0.4, 0.5) is 23.1 Å². The van der Waals surface area contributed by atoms with Gasteiger partial charge in [0.25, 0.3) is 0 Å². The summed E-state index contributed by atoms with van der Waals surface area (Å²) >= 11 is 3.40. The molecule has 2 aromatic heterocycles. The van der Waals surface area contributed by atoms with Crippen molar-refractivity contribution >= 4 is 60.0 Å². The first-order valence-corrected chi connectivity index (χ1v) is 10.8. The first-order valence-electron chi connectivity index (χ1n) is 8.49. The molecule has 0 saturated carbocycles. The van der Waals surface area contributed by atoms with Crippen LogP contribution in [0.25, 0.3) is 10.9 Å². The lowest BCUT2D eigenvalue weighted by molar-refractivity contribution is 0.588. The van der Waals surface area contributed by atoms with Crippen LogP contribution in [0.1, 0.15) is 0 Å². The molecule has 11 heteroatoms. The molecule has 0 atom stereocenters. The van der Waals surface area contributed by atoms with Crippen molar-refractivity contribution in [2.24, 2.45) is 0 Å². The van der Waals surface area contributed by atoms with Crippen LogP contribution in [0.2, 0.25) is 0 Å². The molecule has 4 rings (SSSR count). The third kappa shape index (κ3) is 3.92. The second kappa shape index (κ2) is 7.78. The average Bonchev–Trinajstić information content (AvgIpc) is 3.21. The van der Waals surface area contributed by atoms with Gasteiger partial charge in [-0.3, -0.25) is 5.10 Å². The summed E-state index contributed by atoms with van der Waals surface area (Å²) in [7, 11) is -2.27. The van der Waals surface area contributed by atoms with Crippen molar-refractivity contribution in [3.05, 3.63) is 59.3 Å². The molecule has 0 aliphatic carbocycles. The van der Waals surface area contributed by atoms with Crippen LogP contribution < -0.4 is 15.4 Å². The van der Waals surface area contributed by atoms with E-state index in [2.05, 4.69) is 51.5 Å². The smallest absolute Gasteiger partial charge is 0.242 e. The summed E-state index contributed by atoms with van der Waals surface area (Å²) in [5, 5.41) is 14.2. The first kappa shape index (κ1) is 19.3. The van der Waals surface area contributed by atoms with Gasteiger partial charge in [-0.25, -0.2) is 18.1 Å². The van der Waals surface area contributed by atoms with Crippen molar-refractivity contribution in [3.63, 3.8) is 0 Å². The summed E-state index contributed by atoms with van der Waals surface area (Å²) in [6.07, 6.45) is 3.31. The number of fused-ring (bicyclic) bond motifs is 1. The fraction of sp³-hybridized carbons (Fsp3) is 0.0556. The number of para-hydroxylation sites is 2. The number of benzene rings is 2. The molecule has 0 unspecified atom stereocenters. The Morgan fingerprint density at radius 3 is 2.62 bits per heavy atom. The Morgan fingerprint density at radius 2 is 1.79 bits per heavy atom. The second-order valence-electron chi connectivity index (χ2n) is 5.98. The summed E-state index contributed by atoms with van der Waals surface area (Å²) in [5.74, 6) is 0.754. The maximum absolute atomic E-state index is 12.3. The van der Waals surface area contributed by atoms with E-state index in [0.717, 1.165) is 16.6 Å². The van der Waals surface area contributed by atoms with Crippen molar-refractivity contribution in [1.82, 2.24) is 24.9 Å². The maximum Gasteiger partial charge on any atom is 0.242 e. The molecular weight excluding hydrogens is 458 g/mol. The van der Waals surface area contributed by atoms with Crippen LogP contribution in [-0.4, -0.2) is 35.6 Å². The Hall–Kier alpha value is -3.02. The fourth-order valence-corrected chi connectivity index (χ4v) is 3.93. The molecule has 0 saturated heterocycles. The van der Waals surface area contributed by atoms with E-state index in [1.807, 2.05) is 18.2 Å². The lowest BCUT2D eigenvalue weighted by atomic mass is 10.2. The van der Waals surface area contributed by atoms with Crippen LogP contribution in [0, 0.1) is 0 Å². The summed E-state index contributed by atoms with van der Waals surface area (Å²) in [5.41, 5.74) is 1.99. The highest BCUT2D eigenvalue weighted by Crippen LogP contribution is 2.29. The molecule has 2 heterocycles. The van der Waals surface area contributed by atoms with E-state index in [9.17, 15) is 8.42 Å². The summed E-state index contributed by atoms with van der Waals surface area (Å²) in [6, 6.07) is 12.3. The monoisotopic (exact) mass is 473 g/mol. The van der Waals surface area contributed by atoms with Crippen LogP contribution in [0.3, 0.4) is 0 Å². The number of H-pyrrole nitrogens is 1. The van der Waals surface area contributed by atoms with Crippen LogP contribution in [0.15, 0.2) is 64.2 Å². The Kier molecular flexibility index (Phi) is 5.18. The number of halogens is 1. The number of sulfonamides is 1. The van der Waals surface area contributed by atoms with Crippen LogP contribution in [0.5, 0.6) is 0 Å². The minimum absolute atomic E-state index is 0.116. The molecule has 0 aliphatic heterocycles. The lowest BCUT2D eigenvalue weighted by Crippen LogP contribution is -2.19. The van der Waals surface area contributed by atoms with Crippen molar-refractivity contribution in [3.8, 4) is 0 Å². The largest absolute Gasteiger partial charge is 0.338 e. The Balaban J connectivity index is 1.68. The van der Waals surface area contributed by atoms with Gasteiger partial charge in [0, 0.05) is 11.6 Å². The number of nitrogens with one attached hydrogen (secondary N) is 4. The number of hydrogen-bond donors (Lipinski definition) is 4. The molecule has 148 valence electrons. The van der Waals surface area contributed by atoms with Gasteiger partial charge in [-0.1, -0.05) is 24.3 Å². The van der Waals surface area contributed by atoms with E-state index in [4.69, 9.17) is 0 Å². The molecule has 0 aliphatic rings. The minimum atomic E-state index is -3.64. The standard InChI is InChI=1S/C18H16BrN7O2S/c1-20-29(27,28)15-8-3-2-6-13(15)23-17-12(19)10-21-18(25-17)24-14-7-4-5-11-9-22-26-16(11)14/h2-10,20H,1H3,(H,22,26)(H2,21,23,24,25). The predicted octanol–water partition coefficient (Wildman–Crippen LogP) is 3.51. The molecule has 0 fully saturated rings. The first-order chi connectivity index (χ1) is 14.0. The molecular formula is C18H16BrN7O2S. The molecule has 9 nitrogen and oxygen atoms in total. The van der Waals surface area contributed by atoms with E-state index >= 15 is 0 Å². The van der Waals surface area contributed by atoms with E-state index < -0.39 is 10.0 Å². The van der Waals surface area contributed by atoms with Gasteiger partial charge in [0.15, 0.2) is 0 Å². The Bertz CT molecular complexity index is 1290. The number of aromatic nitrogens is 4. The zero-order chi connectivity index (χ0) is 20.4. The summed E-state index contributed by atoms with van der Waals surface area (Å²) in [6.45, 7) is 0. The van der Waals surface area contributed by atoms with Crippen molar-refractivity contribution < 1.29 is 8.42 Å². The van der Waals surface area contributed by atoms with Crippen LogP contribution in [-0.2, 0) is 10.0 Å². The van der Waals surface area contributed by atoms with Gasteiger partial charge in [0.2, 0.25) is 16.0 Å². The van der Waals surface area contributed by atoms with Gasteiger partial charge in [0.05, 0.1) is 27.6 Å². The SMILES string of the molecule is CNS(=O)(=O)c1ccccc1Nc1nc(Nc2cccc3cn[nH]c23)ncc1Br. The van der Waals surface area contributed by atoms with E-state index in [-0.39, 0.29) is 4.90 Å². The van der Waals surface area contributed by atoms with Gasteiger partial charge >= 0.3 is 0 Å². The van der Waals surface area contributed by atoms with Crippen molar-refractivity contribution in [2.75, 3.05) is 17.7 Å². The molecule has 0 bridgehead atoms. The van der Waals surface area contributed by atoms with E-state index in [1.54, 1.807) is 30.6 Å². The molecule has 4 N–H and O–H groups in total. The van der Waals surface area contributed by atoms with Crippen molar-refractivity contribution in [1.29, 1.82) is 0 Å². The number of hydrogen-bond acceptors (Lipinski definition) is 7. The van der Waals surface area contributed by atoms with Gasteiger partial charge in [-0.05, 0) is 41.2 Å². The molecule has 29 heavy (non-hydrogen) atoms. The lowest BCUT2D eigenvalue weighted by Gasteiger charge is -2.13. The highest BCUT2D eigenvalue weighted by molar-refractivity contribution is 9.10. The average molecular weight is 474 g/mol. The highest BCUT2D eigenvalue weighted by atomic mass is 79.9. The zero-order valence-electron chi connectivity index (χ0n) is 15.1. The molecule has 0 spiro atoms. The molecule has 2 aromatic carbocycles. The Morgan fingerprint density at radius 1 is 1.00 bits per heavy atom. The quantitative estimate of drug-likeness (QED) is 0.337. The number of aromatic amines is 1. The summed E-state index contributed by atoms with van der Waals surface area (Å²) in [4.78, 5) is 8.87. The molecule has 0 amide bonds.